The molecule has 0 saturated carbocycles. The van der Waals surface area contributed by atoms with Gasteiger partial charge in [-0.2, -0.15) is 0 Å². The lowest BCUT2D eigenvalue weighted by molar-refractivity contribution is -0.148. The second-order valence-electron chi connectivity index (χ2n) is 11.1. The molecule has 3 unspecified atom stereocenters. The third-order valence-electron chi connectivity index (χ3n) is 8.49. The molecule has 12 nitrogen and oxygen atoms in total. The van der Waals surface area contributed by atoms with Gasteiger partial charge >= 0.3 is 0 Å². The summed E-state index contributed by atoms with van der Waals surface area (Å²) < 4.78 is 5.13. The van der Waals surface area contributed by atoms with Crippen LogP contribution in [0.5, 0.6) is 11.5 Å². The molecule has 0 fully saturated rings. The number of hydrogen-bond acceptors (Lipinski definition) is 10. The van der Waals surface area contributed by atoms with Crippen molar-refractivity contribution in [1.82, 2.24) is 4.90 Å². The van der Waals surface area contributed by atoms with Crippen LogP contribution in [0.4, 0.5) is 5.69 Å². The number of Topliss-reactive ketones (excluding diaryl/α,β-unsaturated/α-hetero) is 2. The van der Waals surface area contributed by atoms with E-state index in [4.69, 9.17) is 10.5 Å². The van der Waals surface area contributed by atoms with Gasteiger partial charge in [0, 0.05) is 11.5 Å². The highest BCUT2D eigenvalue weighted by Crippen LogP contribution is 2.52. The fourth-order valence-electron chi connectivity index (χ4n) is 6.45. The van der Waals surface area contributed by atoms with Crippen LogP contribution in [-0.4, -0.2) is 81.6 Å². The standard InChI is InChI=1S/C30H30BrN3O9/c1-34(2)22-16-11-14-10-13-6-9-17(33-29(41)21(31)12-4-7-15(43-3)8-5-12)23(35)18(13)24(36)19(14)26(38)30(16,42)27(39)20(25(22)37)28(32)40/h4-9,14,16,21-22,35,37-38,42H,10-11H2,1-3H3,(H2,32,40)(H,33,41)/t14?,16?,21?,22-,30-/m0/s1. The normalized spacial score (nSPS) is 25.6. The Balaban J connectivity index is 1.52. The minimum Gasteiger partial charge on any atom is -0.510 e. The van der Waals surface area contributed by atoms with Crippen molar-refractivity contribution >= 4 is 45.0 Å². The molecule has 2 aromatic rings. The molecule has 0 bridgehead atoms. The maximum absolute atomic E-state index is 13.9. The minimum absolute atomic E-state index is 0.0157. The average Bonchev–Trinajstić information content (AvgIpc) is 2.95. The fourth-order valence-corrected chi connectivity index (χ4v) is 6.87. The van der Waals surface area contributed by atoms with Crippen LogP contribution in [0.2, 0.25) is 0 Å². The molecule has 0 spiro atoms. The van der Waals surface area contributed by atoms with Crippen molar-refractivity contribution in [3.8, 4) is 11.5 Å². The molecule has 2 aromatic carbocycles. The number of aliphatic hydroxyl groups is 3. The molecule has 5 rings (SSSR count). The van der Waals surface area contributed by atoms with E-state index in [0.717, 1.165) is 0 Å². The number of methoxy groups -OCH3 is 1. The molecule has 0 radical (unpaired) electrons. The maximum atomic E-state index is 13.9. The number of aromatic hydroxyl groups is 1. The first-order valence-corrected chi connectivity index (χ1v) is 14.2. The predicted molar refractivity (Wildman–Crippen MR) is 157 cm³/mol. The number of ether oxygens (including phenoxy) is 1. The number of alkyl halides is 1. The molecule has 0 heterocycles. The molecule has 0 aromatic heterocycles. The Morgan fingerprint density at radius 3 is 2.35 bits per heavy atom. The number of primary amides is 1. The Morgan fingerprint density at radius 2 is 1.77 bits per heavy atom. The molecule has 43 heavy (non-hydrogen) atoms. The lowest BCUT2D eigenvalue weighted by Gasteiger charge is -2.50. The first kappa shape index (κ1) is 30.3. The summed E-state index contributed by atoms with van der Waals surface area (Å²) in [5.41, 5.74) is 2.25. The number of anilines is 1. The first-order valence-electron chi connectivity index (χ1n) is 13.3. The Labute approximate surface area is 254 Å². The van der Waals surface area contributed by atoms with Crippen LogP contribution >= 0.6 is 15.9 Å². The summed E-state index contributed by atoms with van der Waals surface area (Å²) in [4.78, 5) is 53.1. The van der Waals surface area contributed by atoms with Crippen molar-refractivity contribution in [1.29, 1.82) is 0 Å². The Hall–Kier alpha value is -4.20. The smallest absolute Gasteiger partial charge is 0.255 e. The van der Waals surface area contributed by atoms with Gasteiger partial charge in [-0.3, -0.25) is 24.1 Å². The molecule has 3 aliphatic carbocycles. The molecule has 3 aliphatic rings. The van der Waals surface area contributed by atoms with Crippen LogP contribution in [-0.2, 0) is 20.8 Å². The van der Waals surface area contributed by atoms with E-state index in [9.17, 15) is 39.6 Å². The Kier molecular flexibility index (Phi) is 7.61. The number of nitrogens with one attached hydrogen (secondary N) is 1. The Morgan fingerprint density at radius 1 is 1.12 bits per heavy atom. The molecule has 0 aliphatic heterocycles. The van der Waals surface area contributed by atoms with E-state index in [1.54, 1.807) is 44.4 Å². The van der Waals surface area contributed by atoms with E-state index >= 15 is 0 Å². The van der Waals surface area contributed by atoms with Crippen LogP contribution < -0.4 is 15.8 Å². The molecule has 7 N–H and O–H groups in total. The van der Waals surface area contributed by atoms with Gasteiger partial charge in [-0.1, -0.05) is 34.1 Å². The number of rotatable bonds is 6. The summed E-state index contributed by atoms with van der Waals surface area (Å²) in [6.45, 7) is 0. The third-order valence-corrected chi connectivity index (χ3v) is 9.44. The third kappa shape index (κ3) is 4.58. The van der Waals surface area contributed by atoms with Gasteiger partial charge in [0.25, 0.3) is 5.91 Å². The van der Waals surface area contributed by atoms with Gasteiger partial charge in [0.05, 0.1) is 24.4 Å². The van der Waals surface area contributed by atoms with E-state index in [-0.39, 0.29) is 29.7 Å². The van der Waals surface area contributed by atoms with Gasteiger partial charge in [0.2, 0.25) is 11.7 Å². The largest absolute Gasteiger partial charge is 0.510 e. The van der Waals surface area contributed by atoms with Crippen LogP contribution in [0.1, 0.15) is 32.7 Å². The molecule has 5 atom stereocenters. The number of phenols is 1. The monoisotopic (exact) mass is 655 g/mol. The molecule has 226 valence electrons. The Bertz CT molecular complexity index is 1630. The minimum atomic E-state index is -2.73. The van der Waals surface area contributed by atoms with Gasteiger partial charge < -0.3 is 36.2 Å². The summed E-state index contributed by atoms with van der Waals surface area (Å²) in [6, 6.07) is 8.72. The SMILES string of the molecule is COc1ccc(C(Br)C(=O)Nc2ccc3c(c2O)C(=O)C2=C(O)[C@]4(O)C(=O)C(C(N)=O)=C(O)[C@@H](N(C)C)C4CC2C3)cc1. The highest BCUT2D eigenvalue weighted by Gasteiger charge is 2.63. The number of allylic oxidation sites excluding steroid dienone is 1. The zero-order valence-corrected chi connectivity index (χ0v) is 25.0. The molecular weight excluding hydrogens is 626 g/mol. The van der Waals surface area contributed by atoms with Crippen LogP contribution in [0.25, 0.3) is 0 Å². The zero-order chi connectivity index (χ0) is 31.5. The topological polar surface area (TPSA) is 200 Å². The number of aliphatic hydroxyl groups excluding tert-OH is 2. The zero-order valence-electron chi connectivity index (χ0n) is 23.4. The quantitative estimate of drug-likeness (QED) is 0.152. The lowest BCUT2D eigenvalue weighted by Crippen LogP contribution is -2.63. The van der Waals surface area contributed by atoms with E-state index < -0.39 is 74.5 Å². The van der Waals surface area contributed by atoms with Crippen molar-refractivity contribution in [2.75, 3.05) is 26.5 Å². The van der Waals surface area contributed by atoms with Gasteiger partial charge in [-0.15, -0.1) is 0 Å². The van der Waals surface area contributed by atoms with Crippen molar-refractivity contribution in [3.05, 3.63) is 75.8 Å². The number of phenolic OH excluding ortho intramolecular Hbond substituents is 1. The lowest BCUT2D eigenvalue weighted by atomic mass is 9.58. The summed E-state index contributed by atoms with van der Waals surface area (Å²) in [5, 5.41) is 47.7. The van der Waals surface area contributed by atoms with Gasteiger partial charge in [-0.05, 0) is 62.2 Å². The van der Waals surface area contributed by atoms with E-state index in [1.165, 1.54) is 18.1 Å². The van der Waals surface area contributed by atoms with Crippen molar-refractivity contribution in [3.63, 3.8) is 0 Å². The molecule has 0 saturated heterocycles. The number of benzene rings is 2. The summed E-state index contributed by atoms with van der Waals surface area (Å²) in [6.07, 6.45) is 0.126. The number of carbonyl (C=O) groups excluding carboxylic acids is 4. The second kappa shape index (κ2) is 10.8. The van der Waals surface area contributed by atoms with Crippen molar-refractivity contribution < 1.29 is 44.3 Å². The average molecular weight is 656 g/mol. The number of carbonyl (C=O) groups is 4. The van der Waals surface area contributed by atoms with Crippen LogP contribution in [0.3, 0.4) is 0 Å². The summed E-state index contributed by atoms with van der Waals surface area (Å²) >= 11 is 3.34. The predicted octanol–water partition coefficient (Wildman–Crippen LogP) is 2.20. The van der Waals surface area contributed by atoms with Gasteiger partial charge in [0.15, 0.2) is 17.1 Å². The molecular formula is C30H30BrN3O9. The fraction of sp³-hybridized carbons (Fsp3) is 0.333. The van der Waals surface area contributed by atoms with Crippen LogP contribution in [0, 0.1) is 11.8 Å². The number of fused-ring (bicyclic) bond motifs is 3. The van der Waals surface area contributed by atoms with E-state index in [2.05, 4.69) is 21.2 Å². The van der Waals surface area contributed by atoms with Gasteiger partial charge in [-0.25, -0.2) is 0 Å². The first-order chi connectivity index (χ1) is 20.2. The van der Waals surface area contributed by atoms with E-state index in [0.29, 0.717) is 16.9 Å². The van der Waals surface area contributed by atoms with Crippen molar-refractivity contribution in [2.45, 2.75) is 29.3 Å². The van der Waals surface area contributed by atoms with E-state index in [1.807, 2.05) is 0 Å². The number of amides is 2. The summed E-state index contributed by atoms with van der Waals surface area (Å²) in [7, 11) is 4.64. The summed E-state index contributed by atoms with van der Waals surface area (Å²) in [5.74, 6) is -7.31. The number of halogens is 1. The van der Waals surface area contributed by atoms with Gasteiger partial charge in [0.1, 0.15) is 27.7 Å². The number of likely N-dealkylation sites (N-methyl/N-ethyl adjacent to an activating group) is 1. The van der Waals surface area contributed by atoms with Crippen molar-refractivity contribution in [2.24, 2.45) is 17.6 Å². The molecule has 13 heteroatoms. The highest BCUT2D eigenvalue weighted by atomic mass is 79.9. The second-order valence-corrected chi connectivity index (χ2v) is 12.0. The maximum Gasteiger partial charge on any atom is 0.255 e. The number of ketones is 2. The number of nitrogens with two attached hydrogens (primary N) is 1. The molecule has 2 amide bonds. The number of nitrogens with zero attached hydrogens (tertiary/aromatic N) is 1. The highest BCUT2D eigenvalue weighted by molar-refractivity contribution is 9.09. The van der Waals surface area contributed by atoms with Crippen LogP contribution in [0.15, 0.2) is 59.1 Å². The number of hydrogen-bond donors (Lipinski definition) is 6.